The maximum absolute atomic E-state index is 13.6. The van der Waals surface area contributed by atoms with E-state index in [1.54, 1.807) is 30.3 Å². The molecule has 1 amide bonds. The summed E-state index contributed by atoms with van der Waals surface area (Å²) in [6.45, 7) is 1.43. The summed E-state index contributed by atoms with van der Waals surface area (Å²) >= 11 is 12.0. The Balaban J connectivity index is 1.89. The van der Waals surface area contributed by atoms with E-state index < -0.39 is 15.9 Å². The number of hydrogen-bond donors (Lipinski definition) is 1. The maximum Gasteiger partial charge on any atom is 0.247 e. The summed E-state index contributed by atoms with van der Waals surface area (Å²) in [5.41, 5.74) is 1.59. The molecule has 174 valence electrons. The van der Waals surface area contributed by atoms with Gasteiger partial charge in [-0.2, -0.15) is 4.31 Å². The van der Waals surface area contributed by atoms with E-state index in [4.69, 9.17) is 27.9 Å². The Bertz CT molecular complexity index is 1200. The van der Waals surface area contributed by atoms with E-state index in [-0.39, 0.29) is 34.8 Å². The lowest BCUT2D eigenvalue weighted by atomic mass is 10.1. The number of rotatable bonds is 9. The van der Waals surface area contributed by atoms with Gasteiger partial charge in [-0.25, -0.2) is 8.42 Å². The van der Waals surface area contributed by atoms with Crippen molar-refractivity contribution in [3.05, 3.63) is 94.0 Å². The van der Waals surface area contributed by atoms with Crippen molar-refractivity contribution in [3.63, 3.8) is 0 Å². The molecule has 9 heteroatoms. The van der Waals surface area contributed by atoms with Crippen LogP contribution in [-0.4, -0.2) is 32.3 Å². The molecule has 0 saturated heterocycles. The highest BCUT2D eigenvalue weighted by Gasteiger charge is 2.30. The first-order valence-corrected chi connectivity index (χ1v) is 12.3. The summed E-state index contributed by atoms with van der Waals surface area (Å²) in [5.74, 6) is -0.301. The third-order valence-electron chi connectivity index (χ3n) is 5.01. The van der Waals surface area contributed by atoms with Crippen LogP contribution in [0.4, 0.5) is 0 Å². The molecule has 0 bridgehead atoms. The minimum atomic E-state index is -4.12. The fraction of sp³-hybridized carbons (Fsp3) is 0.208. The van der Waals surface area contributed by atoms with Crippen LogP contribution in [-0.2, 0) is 21.4 Å². The second-order valence-corrected chi connectivity index (χ2v) is 10.2. The van der Waals surface area contributed by atoms with Gasteiger partial charge in [0, 0.05) is 16.6 Å². The van der Waals surface area contributed by atoms with Crippen LogP contribution in [0.2, 0.25) is 10.0 Å². The van der Waals surface area contributed by atoms with Crippen LogP contribution >= 0.6 is 23.2 Å². The average molecular weight is 507 g/mol. The van der Waals surface area contributed by atoms with Crippen LogP contribution in [0.15, 0.2) is 77.7 Å². The number of hydrogen-bond acceptors (Lipinski definition) is 4. The second-order valence-electron chi connectivity index (χ2n) is 7.39. The third-order valence-corrected chi connectivity index (χ3v) is 7.31. The standard InChI is InChI=1S/C24H24Cl2N2O4S/c1-17(19-8-10-20(25)11-9-19)27-24(29)16-28(15-18-6-4-3-5-7-18)33(30,31)23-14-21(26)12-13-22(23)32-2/h3-14,17H,15-16H2,1-2H3,(H,27,29)/t17-/m1/s1. The van der Waals surface area contributed by atoms with E-state index in [0.29, 0.717) is 5.02 Å². The lowest BCUT2D eigenvalue weighted by Crippen LogP contribution is -2.41. The molecule has 0 spiro atoms. The van der Waals surface area contributed by atoms with Crippen LogP contribution in [0.1, 0.15) is 24.1 Å². The van der Waals surface area contributed by atoms with E-state index in [1.807, 2.05) is 37.3 Å². The largest absolute Gasteiger partial charge is 0.495 e. The Labute approximate surface area is 204 Å². The van der Waals surface area contributed by atoms with E-state index >= 15 is 0 Å². The quantitative estimate of drug-likeness (QED) is 0.439. The Hall–Kier alpha value is -2.58. The lowest BCUT2D eigenvalue weighted by Gasteiger charge is -2.24. The van der Waals surface area contributed by atoms with Crippen molar-refractivity contribution in [1.82, 2.24) is 9.62 Å². The smallest absolute Gasteiger partial charge is 0.247 e. The molecule has 0 aromatic heterocycles. The number of nitrogens with one attached hydrogen (secondary N) is 1. The summed E-state index contributed by atoms with van der Waals surface area (Å²) in [5, 5.41) is 3.69. The lowest BCUT2D eigenvalue weighted by molar-refractivity contribution is -0.122. The minimum Gasteiger partial charge on any atom is -0.495 e. The average Bonchev–Trinajstić information content (AvgIpc) is 2.79. The topological polar surface area (TPSA) is 75.7 Å². The van der Waals surface area contributed by atoms with Gasteiger partial charge in [0.1, 0.15) is 10.6 Å². The molecule has 3 rings (SSSR count). The number of ether oxygens (including phenoxy) is 1. The van der Waals surface area contributed by atoms with Gasteiger partial charge in [0.2, 0.25) is 15.9 Å². The summed E-state index contributed by atoms with van der Waals surface area (Å²) in [4.78, 5) is 12.8. The van der Waals surface area contributed by atoms with Crippen molar-refractivity contribution in [2.24, 2.45) is 0 Å². The van der Waals surface area contributed by atoms with Gasteiger partial charge in [0.05, 0.1) is 19.7 Å². The molecule has 3 aromatic carbocycles. The number of amides is 1. The maximum atomic E-state index is 13.6. The molecule has 0 fully saturated rings. The van der Waals surface area contributed by atoms with Crippen molar-refractivity contribution >= 4 is 39.1 Å². The Morgan fingerprint density at radius 3 is 2.27 bits per heavy atom. The number of carbonyl (C=O) groups excluding carboxylic acids is 1. The zero-order chi connectivity index (χ0) is 24.0. The van der Waals surface area contributed by atoms with E-state index in [0.717, 1.165) is 15.4 Å². The summed E-state index contributed by atoms with van der Waals surface area (Å²) in [7, 11) is -2.74. The first kappa shape index (κ1) is 25.1. The Morgan fingerprint density at radius 2 is 1.64 bits per heavy atom. The Kier molecular flexibility index (Phi) is 8.37. The molecule has 1 N–H and O–H groups in total. The van der Waals surface area contributed by atoms with Crippen molar-refractivity contribution in [3.8, 4) is 5.75 Å². The zero-order valence-electron chi connectivity index (χ0n) is 18.2. The fourth-order valence-corrected chi connectivity index (χ4v) is 5.21. The van der Waals surface area contributed by atoms with Gasteiger partial charge in [-0.3, -0.25) is 4.79 Å². The van der Waals surface area contributed by atoms with Crippen molar-refractivity contribution < 1.29 is 17.9 Å². The van der Waals surface area contributed by atoms with Crippen molar-refractivity contribution in [1.29, 1.82) is 0 Å². The SMILES string of the molecule is COc1ccc(Cl)cc1S(=O)(=O)N(CC(=O)N[C@H](C)c1ccc(Cl)cc1)Cc1ccccc1. The first-order valence-electron chi connectivity index (χ1n) is 10.1. The second kappa shape index (κ2) is 11.0. The molecule has 33 heavy (non-hydrogen) atoms. The highest BCUT2D eigenvalue weighted by molar-refractivity contribution is 7.89. The summed E-state index contributed by atoms with van der Waals surface area (Å²) in [6.07, 6.45) is 0. The van der Waals surface area contributed by atoms with Gasteiger partial charge >= 0.3 is 0 Å². The number of sulfonamides is 1. The molecule has 0 unspecified atom stereocenters. The van der Waals surface area contributed by atoms with Crippen LogP contribution in [0, 0.1) is 0 Å². The molecule has 0 saturated carbocycles. The number of nitrogens with zero attached hydrogens (tertiary/aromatic N) is 1. The minimum absolute atomic E-state index is 0.00157. The van der Waals surface area contributed by atoms with Gasteiger partial charge < -0.3 is 10.1 Å². The molecule has 0 heterocycles. The molecule has 0 aliphatic rings. The van der Waals surface area contributed by atoms with E-state index in [9.17, 15) is 13.2 Å². The zero-order valence-corrected chi connectivity index (χ0v) is 20.5. The van der Waals surface area contributed by atoms with Crippen molar-refractivity contribution in [2.75, 3.05) is 13.7 Å². The molecule has 0 radical (unpaired) electrons. The predicted octanol–water partition coefficient (Wildman–Crippen LogP) is 5.07. The van der Waals surface area contributed by atoms with Crippen LogP contribution < -0.4 is 10.1 Å². The molecule has 1 atom stereocenters. The number of carbonyl (C=O) groups is 1. The van der Waals surface area contributed by atoms with Gasteiger partial charge in [0.25, 0.3) is 0 Å². The predicted molar refractivity (Wildman–Crippen MR) is 130 cm³/mol. The van der Waals surface area contributed by atoms with Gasteiger partial charge in [0.15, 0.2) is 0 Å². The van der Waals surface area contributed by atoms with Crippen molar-refractivity contribution in [2.45, 2.75) is 24.4 Å². The van der Waals surface area contributed by atoms with E-state index in [2.05, 4.69) is 5.32 Å². The normalized spacial score (nSPS) is 12.4. The van der Waals surface area contributed by atoms with Crippen LogP contribution in [0.25, 0.3) is 0 Å². The molecule has 3 aromatic rings. The van der Waals surface area contributed by atoms with Crippen LogP contribution in [0.3, 0.4) is 0 Å². The number of benzene rings is 3. The summed E-state index contributed by atoms with van der Waals surface area (Å²) in [6, 6.07) is 20.1. The Morgan fingerprint density at radius 1 is 1.00 bits per heavy atom. The molecule has 0 aliphatic heterocycles. The fourth-order valence-electron chi connectivity index (χ4n) is 3.29. The molecular formula is C24H24Cl2N2O4S. The highest BCUT2D eigenvalue weighted by atomic mass is 35.5. The molecule has 0 aliphatic carbocycles. The molecular weight excluding hydrogens is 483 g/mol. The van der Waals surface area contributed by atoms with E-state index in [1.165, 1.54) is 19.2 Å². The monoisotopic (exact) mass is 506 g/mol. The van der Waals surface area contributed by atoms with Gasteiger partial charge in [-0.15, -0.1) is 0 Å². The summed E-state index contributed by atoms with van der Waals surface area (Å²) < 4.78 is 33.5. The third kappa shape index (κ3) is 6.48. The van der Waals surface area contributed by atoms with Gasteiger partial charge in [-0.1, -0.05) is 65.7 Å². The number of methoxy groups -OCH3 is 1. The van der Waals surface area contributed by atoms with Crippen LogP contribution in [0.5, 0.6) is 5.75 Å². The molecule has 6 nitrogen and oxygen atoms in total. The van der Waals surface area contributed by atoms with Gasteiger partial charge in [-0.05, 0) is 48.4 Å². The first-order chi connectivity index (χ1) is 15.7. The highest BCUT2D eigenvalue weighted by Crippen LogP contribution is 2.30. The number of halogens is 2.